The Labute approximate surface area is 107 Å². The number of carbonyl (C=O) groups is 1. The van der Waals surface area contributed by atoms with Gasteiger partial charge in [0.25, 0.3) is 5.91 Å². The number of H-pyrrole nitrogens is 1. The van der Waals surface area contributed by atoms with Crippen LogP contribution in [0.5, 0.6) is 0 Å². The van der Waals surface area contributed by atoms with Gasteiger partial charge in [-0.15, -0.1) is 5.10 Å². The molecule has 6 heteroatoms. The lowest BCUT2D eigenvalue weighted by Crippen LogP contribution is -2.36. The van der Waals surface area contributed by atoms with Crippen molar-refractivity contribution in [1.82, 2.24) is 25.4 Å². The zero-order chi connectivity index (χ0) is 13.1. The number of rotatable bonds is 6. The zero-order valence-electron chi connectivity index (χ0n) is 11.2. The van der Waals surface area contributed by atoms with Crippen molar-refractivity contribution in [3.63, 3.8) is 0 Å². The van der Waals surface area contributed by atoms with Crippen LogP contribution in [0.2, 0.25) is 0 Å². The molecule has 1 aliphatic carbocycles. The quantitative estimate of drug-likeness (QED) is 0.782. The number of nitrogens with zero attached hydrogens (tertiary/aromatic N) is 3. The van der Waals surface area contributed by atoms with Gasteiger partial charge in [0.15, 0.2) is 0 Å². The minimum atomic E-state index is -0.199. The summed E-state index contributed by atoms with van der Waals surface area (Å²) < 4.78 is 0. The van der Waals surface area contributed by atoms with Gasteiger partial charge in [-0.2, -0.15) is 0 Å². The van der Waals surface area contributed by atoms with Gasteiger partial charge in [-0.05, 0) is 33.7 Å². The van der Waals surface area contributed by atoms with Crippen molar-refractivity contribution in [2.24, 2.45) is 0 Å². The molecule has 0 saturated heterocycles. The third kappa shape index (κ3) is 3.29. The van der Waals surface area contributed by atoms with Gasteiger partial charge in [-0.1, -0.05) is 0 Å². The molecule has 0 atom stereocenters. The van der Waals surface area contributed by atoms with Crippen LogP contribution in [0.15, 0.2) is 0 Å². The van der Waals surface area contributed by atoms with E-state index in [1.165, 1.54) is 0 Å². The predicted molar refractivity (Wildman–Crippen MR) is 68.5 cm³/mol. The average molecular weight is 251 g/mol. The molecule has 100 valence electrons. The van der Waals surface area contributed by atoms with E-state index in [2.05, 4.69) is 39.2 Å². The van der Waals surface area contributed by atoms with Gasteiger partial charge < -0.3 is 10.2 Å². The Kier molecular flexibility index (Phi) is 3.96. The number of nitrogens with one attached hydrogen (secondary N) is 2. The van der Waals surface area contributed by atoms with E-state index in [1.807, 2.05) is 7.05 Å². The molecule has 18 heavy (non-hydrogen) atoms. The summed E-state index contributed by atoms with van der Waals surface area (Å²) in [6.45, 7) is 5.68. The van der Waals surface area contributed by atoms with Crippen LogP contribution in [-0.4, -0.2) is 52.2 Å². The predicted octanol–water partition coefficient (Wildman–Crippen LogP) is 0.752. The first-order valence-corrected chi connectivity index (χ1v) is 6.48. The summed E-state index contributed by atoms with van der Waals surface area (Å²) in [5.74, 6) is 1.39. The minimum Gasteiger partial charge on any atom is -0.348 e. The smallest absolute Gasteiger partial charge is 0.291 e. The van der Waals surface area contributed by atoms with Gasteiger partial charge in [-0.3, -0.25) is 9.89 Å². The maximum absolute atomic E-state index is 11.8. The summed E-state index contributed by atoms with van der Waals surface area (Å²) >= 11 is 0. The van der Waals surface area contributed by atoms with E-state index in [0.717, 1.165) is 25.2 Å². The molecule has 1 aliphatic rings. The van der Waals surface area contributed by atoms with Gasteiger partial charge in [0.2, 0.25) is 5.82 Å². The molecule has 0 bridgehead atoms. The first-order chi connectivity index (χ1) is 8.58. The van der Waals surface area contributed by atoms with Crippen molar-refractivity contribution in [1.29, 1.82) is 0 Å². The topological polar surface area (TPSA) is 73.9 Å². The SMILES string of the molecule is CC(C)N(C)CCNC(=O)c1n[nH]c(C2CC2)n1. The van der Waals surface area contributed by atoms with Gasteiger partial charge >= 0.3 is 0 Å². The molecule has 0 spiro atoms. The van der Waals surface area contributed by atoms with E-state index >= 15 is 0 Å². The standard InChI is InChI=1S/C12H21N5O/c1-8(2)17(3)7-6-13-12(18)11-14-10(15-16-11)9-4-5-9/h8-9H,4-7H2,1-3H3,(H,13,18)(H,14,15,16). The summed E-state index contributed by atoms with van der Waals surface area (Å²) in [6, 6.07) is 0.479. The molecule has 0 radical (unpaired) electrons. The Morgan fingerprint density at radius 3 is 2.89 bits per heavy atom. The fraction of sp³-hybridized carbons (Fsp3) is 0.750. The highest BCUT2D eigenvalue weighted by Gasteiger charge is 2.28. The second-order valence-electron chi connectivity index (χ2n) is 5.15. The second kappa shape index (κ2) is 5.48. The number of amides is 1. The van der Waals surface area contributed by atoms with E-state index in [9.17, 15) is 4.79 Å². The van der Waals surface area contributed by atoms with Crippen molar-refractivity contribution < 1.29 is 4.79 Å². The molecule has 1 aromatic rings. The first-order valence-electron chi connectivity index (χ1n) is 6.48. The van der Waals surface area contributed by atoms with E-state index < -0.39 is 0 Å². The van der Waals surface area contributed by atoms with E-state index in [0.29, 0.717) is 18.5 Å². The largest absolute Gasteiger partial charge is 0.348 e. The number of aromatic nitrogens is 3. The molecule has 1 amide bonds. The molecule has 0 unspecified atom stereocenters. The van der Waals surface area contributed by atoms with Crippen molar-refractivity contribution in [2.75, 3.05) is 20.1 Å². The highest BCUT2D eigenvalue weighted by atomic mass is 16.2. The van der Waals surface area contributed by atoms with Gasteiger partial charge in [0.05, 0.1) is 0 Å². The molecular weight excluding hydrogens is 230 g/mol. The molecule has 0 aromatic carbocycles. The lowest BCUT2D eigenvalue weighted by molar-refractivity contribution is 0.0938. The number of hydrogen-bond donors (Lipinski definition) is 2. The van der Waals surface area contributed by atoms with Crippen LogP contribution < -0.4 is 5.32 Å². The highest BCUT2D eigenvalue weighted by Crippen LogP contribution is 2.37. The molecule has 2 N–H and O–H groups in total. The monoisotopic (exact) mass is 251 g/mol. The van der Waals surface area contributed by atoms with E-state index in [4.69, 9.17) is 0 Å². The normalized spacial score (nSPS) is 15.4. The van der Waals surface area contributed by atoms with Crippen LogP contribution in [0, 0.1) is 0 Å². The molecule has 2 rings (SSSR count). The van der Waals surface area contributed by atoms with Crippen LogP contribution in [-0.2, 0) is 0 Å². The fourth-order valence-electron chi connectivity index (χ4n) is 1.60. The van der Waals surface area contributed by atoms with Crippen molar-refractivity contribution in [2.45, 2.75) is 38.6 Å². The minimum absolute atomic E-state index is 0.199. The Hall–Kier alpha value is -1.43. The van der Waals surface area contributed by atoms with Crippen LogP contribution >= 0.6 is 0 Å². The van der Waals surface area contributed by atoms with E-state index in [1.54, 1.807) is 0 Å². The van der Waals surface area contributed by atoms with Crippen molar-refractivity contribution in [3.8, 4) is 0 Å². The summed E-state index contributed by atoms with van der Waals surface area (Å²) in [6.07, 6.45) is 2.30. The molecule has 6 nitrogen and oxygen atoms in total. The molecule has 1 saturated carbocycles. The summed E-state index contributed by atoms with van der Waals surface area (Å²) in [5.41, 5.74) is 0. The average Bonchev–Trinajstić information content (AvgIpc) is 3.06. The third-order valence-corrected chi connectivity index (χ3v) is 3.30. The third-order valence-electron chi connectivity index (χ3n) is 3.30. The fourth-order valence-corrected chi connectivity index (χ4v) is 1.60. The molecule has 1 fully saturated rings. The first kappa shape index (κ1) is 13.0. The van der Waals surface area contributed by atoms with E-state index in [-0.39, 0.29) is 11.7 Å². The summed E-state index contributed by atoms with van der Waals surface area (Å²) in [7, 11) is 2.04. The highest BCUT2D eigenvalue weighted by molar-refractivity contribution is 5.90. The van der Waals surface area contributed by atoms with Gasteiger partial charge in [0.1, 0.15) is 5.82 Å². The Balaban J connectivity index is 1.76. The zero-order valence-corrected chi connectivity index (χ0v) is 11.2. The number of aromatic amines is 1. The van der Waals surface area contributed by atoms with Crippen LogP contribution in [0.3, 0.4) is 0 Å². The molecule has 1 heterocycles. The molecule has 1 aromatic heterocycles. The van der Waals surface area contributed by atoms with Crippen LogP contribution in [0.4, 0.5) is 0 Å². The molecule has 0 aliphatic heterocycles. The second-order valence-corrected chi connectivity index (χ2v) is 5.15. The lowest BCUT2D eigenvalue weighted by Gasteiger charge is -2.20. The number of carbonyl (C=O) groups excluding carboxylic acids is 1. The van der Waals surface area contributed by atoms with Crippen LogP contribution in [0.25, 0.3) is 0 Å². The van der Waals surface area contributed by atoms with Crippen molar-refractivity contribution in [3.05, 3.63) is 11.6 Å². The summed E-state index contributed by atoms with van der Waals surface area (Å²) in [5, 5.41) is 9.61. The maximum Gasteiger partial charge on any atom is 0.291 e. The Morgan fingerprint density at radius 2 is 2.28 bits per heavy atom. The van der Waals surface area contributed by atoms with Gasteiger partial charge in [0, 0.05) is 25.0 Å². The Morgan fingerprint density at radius 1 is 1.56 bits per heavy atom. The van der Waals surface area contributed by atoms with Crippen LogP contribution in [0.1, 0.15) is 49.1 Å². The van der Waals surface area contributed by atoms with Crippen molar-refractivity contribution >= 4 is 5.91 Å². The van der Waals surface area contributed by atoms with Gasteiger partial charge in [-0.25, -0.2) is 4.98 Å². The summed E-state index contributed by atoms with van der Waals surface area (Å²) in [4.78, 5) is 18.2. The molecular formula is C12H21N5O. The Bertz CT molecular complexity index is 410. The number of hydrogen-bond acceptors (Lipinski definition) is 4. The number of likely N-dealkylation sites (N-methyl/N-ethyl adjacent to an activating group) is 1. The lowest BCUT2D eigenvalue weighted by atomic mass is 10.3. The maximum atomic E-state index is 11.8.